The first-order chi connectivity index (χ1) is 10.7. The maximum atomic E-state index is 13.4. The molecule has 2 aromatic carbocycles. The third-order valence-corrected chi connectivity index (χ3v) is 3.37. The van der Waals surface area contributed by atoms with Gasteiger partial charge in [0.2, 0.25) is 0 Å². The molecule has 0 bridgehead atoms. The molecule has 116 valence electrons. The molecule has 2 aromatic rings. The third kappa shape index (κ3) is 4.97. The molecule has 4 heteroatoms. The Morgan fingerprint density at radius 3 is 2.73 bits per heavy atom. The zero-order valence-electron chi connectivity index (χ0n) is 12.9. The standard InChI is InChI=1S/C18H21FN2O/c1-3-14(2)22-13-16-11-17(19)10-9-15(16)12-20-21-18-7-5-4-6-8-18/h4-12,14,21H,3,13H2,1-2H3. The summed E-state index contributed by atoms with van der Waals surface area (Å²) in [7, 11) is 0. The molecule has 0 radical (unpaired) electrons. The number of anilines is 1. The molecule has 0 amide bonds. The van der Waals surface area contributed by atoms with Gasteiger partial charge >= 0.3 is 0 Å². The van der Waals surface area contributed by atoms with Gasteiger partial charge in [0.15, 0.2) is 0 Å². The van der Waals surface area contributed by atoms with E-state index in [4.69, 9.17) is 4.74 Å². The van der Waals surface area contributed by atoms with E-state index in [1.165, 1.54) is 12.1 Å². The topological polar surface area (TPSA) is 33.6 Å². The van der Waals surface area contributed by atoms with Gasteiger partial charge in [-0.2, -0.15) is 5.10 Å². The van der Waals surface area contributed by atoms with Crippen molar-refractivity contribution in [1.29, 1.82) is 0 Å². The molecule has 3 nitrogen and oxygen atoms in total. The predicted molar refractivity (Wildman–Crippen MR) is 88.6 cm³/mol. The number of halogens is 1. The van der Waals surface area contributed by atoms with Crippen LogP contribution in [0, 0.1) is 5.82 Å². The summed E-state index contributed by atoms with van der Waals surface area (Å²) >= 11 is 0. The van der Waals surface area contributed by atoms with Gasteiger partial charge < -0.3 is 4.74 Å². The number of hydrazone groups is 1. The molecular formula is C18H21FN2O. The minimum Gasteiger partial charge on any atom is -0.374 e. The summed E-state index contributed by atoms with van der Waals surface area (Å²) in [6.07, 6.45) is 2.76. The SMILES string of the molecule is CCC(C)OCc1cc(F)ccc1C=NNc1ccccc1. The summed E-state index contributed by atoms with van der Waals surface area (Å²) in [5.74, 6) is -0.268. The maximum Gasteiger partial charge on any atom is 0.123 e. The second-order valence-electron chi connectivity index (χ2n) is 5.11. The van der Waals surface area contributed by atoms with Gasteiger partial charge in [-0.1, -0.05) is 31.2 Å². The normalized spacial score (nSPS) is 12.5. The molecule has 2 rings (SSSR count). The maximum absolute atomic E-state index is 13.4. The zero-order valence-corrected chi connectivity index (χ0v) is 12.9. The predicted octanol–water partition coefficient (Wildman–Crippen LogP) is 4.59. The lowest BCUT2D eigenvalue weighted by Crippen LogP contribution is -2.08. The molecule has 0 heterocycles. The second kappa shape index (κ2) is 8.29. The summed E-state index contributed by atoms with van der Waals surface area (Å²) < 4.78 is 19.1. The number of hydrogen-bond donors (Lipinski definition) is 1. The van der Waals surface area contributed by atoms with Crippen LogP contribution in [-0.4, -0.2) is 12.3 Å². The highest BCUT2D eigenvalue weighted by molar-refractivity contribution is 5.82. The Balaban J connectivity index is 2.06. The number of hydrogen-bond acceptors (Lipinski definition) is 3. The third-order valence-electron chi connectivity index (χ3n) is 3.37. The van der Waals surface area contributed by atoms with Gasteiger partial charge in [-0.3, -0.25) is 5.43 Å². The van der Waals surface area contributed by atoms with Crippen molar-refractivity contribution in [3.63, 3.8) is 0 Å². The summed E-state index contributed by atoms with van der Waals surface area (Å²) in [4.78, 5) is 0. The van der Waals surface area contributed by atoms with Crippen LogP contribution in [0.1, 0.15) is 31.4 Å². The minimum absolute atomic E-state index is 0.149. The summed E-state index contributed by atoms with van der Waals surface area (Å²) in [5, 5.41) is 4.20. The number of rotatable bonds is 7. The van der Waals surface area contributed by atoms with E-state index in [9.17, 15) is 4.39 Å². The van der Waals surface area contributed by atoms with Crippen molar-refractivity contribution in [2.24, 2.45) is 5.10 Å². The Morgan fingerprint density at radius 1 is 1.23 bits per heavy atom. The van der Waals surface area contributed by atoms with Gasteiger partial charge in [-0.05, 0) is 43.2 Å². The van der Waals surface area contributed by atoms with Crippen molar-refractivity contribution in [1.82, 2.24) is 0 Å². The van der Waals surface area contributed by atoms with E-state index >= 15 is 0 Å². The fourth-order valence-electron chi connectivity index (χ4n) is 1.86. The lowest BCUT2D eigenvalue weighted by atomic mass is 10.1. The highest BCUT2D eigenvalue weighted by Gasteiger charge is 2.05. The molecule has 0 spiro atoms. The van der Waals surface area contributed by atoms with E-state index in [0.29, 0.717) is 6.61 Å². The van der Waals surface area contributed by atoms with Gasteiger partial charge in [0, 0.05) is 5.56 Å². The van der Waals surface area contributed by atoms with Gasteiger partial charge in [-0.25, -0.2) is 4.39 Å². The van der Waals surface area contributed by atoms with Crippen LogP contribution < -0.4 is 5.43 Å². The molecule has 0 aromatic heterocycles. The van der Waals surface area contributed by atoms with E-state index in [2.05, 4.69) is 17.5 Å². The quantitative estimate of drug-likeness (QED) is 0.599. The number of nitrogens with one attached hydrogen (secondary N) is 1. The largest absolute Gasteiger partial charge is 0.374 e. The van der Waals surface area contributed by atoms with Crippen LogP contribution in [0.25, 0.3) is 0 Å². The fourth-order valence-corrected chi connectivity index (χ4v) is 1.86. The first kappa shape index (κ1) is 16.2. The molecular weight excluding hydrogens is 279 g/mol. The molecule has 1 atom stereocenters. The summed E-state index contributed by atoms with van der Waals surface area (Å²) in [5.41, 5.74) is 5.48. The van der Waals surface area contributed by atoms with Gasteiger partial charge in [0.25, 0.3) is 0 Å². The van der Waals surface area contributed by atoms with Crippen LogP contribution in [0.15, 0.2) is 53.6 Å². The number of benzene rings is 2. The molecule has 0 aliphatic heterocycles. The van der Waals surface area contributed by atoms with Crippen LogP contribution in [0.4, 0.5) is 10.1 Å². The lowest BCUT2D eigenvalue weighted by molar-refractivity contribution is 0.0506. The zero-order chi connectivity index (χ0) is 15.8. The summed E-state index contributed by atoms with van der Waals surface area (Å²) in [6, 6.07) is 14.3. The van der Waals surface area contributed by atoms with Gasteiger partial charge in [0.05, 0.1) is 24.6 Å². The Bertz CT molecular complexity index is 614. The molecule has 0 aliphatic rings. The smallest absolute Gasteiger partial charge is 0.123 e. The van der Waals surface area contributed by atoms with Crippen molar-refractivity contribution in [3.05, 3.63) is 65.5 Å². The van der Waals surface area contributed by atoms with Crippen LogP contribution in [0.2, 0.25) is 0 Å². The van der Waals surface area contributed by atoms with Crippen molar-refractivity contribution >= 4 is 11.9 Å². The van der Waals surface area contributed by atoms with Crippen molar-refractivity contribution in [3.8, 4) is 0 Å². The number of para-hydroxylation sites is 1. The van der Waals surface area contributed by atoms with E-state index in [0.717, 1.165) is 23.2 Å². The molecule has 0 fully saturated rings. The number of ether oxygens (including phenoxy) is 1. The fraction of sp³-hybridized carbons (Fsp3) is 0.278. The summed E-state index contributed by atoms with van der Waals surface area (Å²) in [6.45, 7) is 4.44. The van der Waals surface area contributed by atoms with Crippen LogP contribution in [0.3, 0.4) is 0 Å². The highest BCUT2D eigenvalue weighted by Crippen LogP contribution is 2.13. The van der Waals surface area contributed by atoms with Crippen molar-refractivity contribution < 1.29 is 9.13 Å². The molecule has 1 unspecified atom stereocenters. The van der Waals surface area contributed by atoms with Crippen LogP contribution in [-0.2, 0) is 11.3 Å². The van der Waals surface area contributed by atoms with E-state index in [1.54, 1.807) is 12.3 Å². The van der Waals surface area contributed by atoms with Crippen molar-refractivity contribution in [2.45, 2.75) is 33.0 Å². The van der Waals surface area contributed by atoms with E-state index in [1.807, 2.05) is 37.3 Å². The number of nitrogens with zero attached hydrogens (tertiary/aromatic N) is 1. The van der Waals surface area contributed by atoms with E-state index < -0.39 is 0 Å². The molecule has 0 saturated carbocycles. The van der Waals surface area contributed by atoms with Crippen LogP contribution in [0.5, 0.6) is 0 Å². The highest BCUT2D eigenvalue weighted by atomic mass is 19.1. The van der Waals surface area contributed by atoms with Gasteiger partial charge in [-0.15, -0.1) is 0 Å². The second-order valence-corrected chi connectivity index (χ2v) is 5.11. The molecule has 1 N–H and O–H groups in total. The Hall–Kier alpha value is -2.20. The first-order valence-corrected chi connectivity index (χ1v) is 7.43. The first-order valence-electron chi connectivity index (χ1n) is 7.43. The minimum atomic E-state index is -0.268. The Labute approximate surface area is 130 Å². The Morgan fingerprint density at radius 2 is 2.00 bits per heavy atom. The average Bonchev–Trinajstić information content (AvgIpc) is 2.55. The monoisotopic (exact) mass is 300 g/mol. The Kier molecular flexibility index (Phi) is 6.10. The molecule has 0 aliphatic carbocycles. The van der Waals surface area contributed by atoms with Crippen molar-refractivity contribution in [2.75, 3.05) is 5.43 Å². The molecule has 0 saturated heterocycles. The average molecular weight is 300 g/mol. The molecule has 22 heavy (non-hydrogen) atoms. The van der Waals surface area contributed by atoms with Gasteiger partial charge in [0.1, 0.15) is 5.82 Å². The lowest BCUT2D eigenvalue weighted by Gasteiger charge is -2.12. The van der Waals surface area contributed by atoms with Crippen LogP contribution >= 0.6 is 0 Å². The van der Waals surface area contributed by atoms with E-state index in [-0.39, 0.29) is 11.9 Å².